The van der Waals surface area contributed by atoms with Gasteiger partial charge < -0.3 is 10.6 Å². The Hall–Kier alpha value is -0.610. The van der Waals surface area contributed by atoms with Crippen LogP contribution in [-0.2, 0) is 4.79 Å². The lowest BCUT2D eigenvalue weighted by atomic mass is 9.88. The Bertz CT molecular complexity index is 287. The van der Waals surface area contributed by atoms with Crippen molar-refractivity contribution in [1.82, 2.24) is 15.5 Å². The fourth-order valence-corrected chi connectivity index (χ4v) is 3.53. The Kier molecular flexibility index (Phi) is 5.64. The third-order valence-corrected chi connectivity index (χ3v) is 4.42. The molecule has 0 aromatic rings. The SMILES string of the molecule is CC(C)NC(=O)CCN1CCCC1C1CCNCC1. The normalized spacial score (nSPS) is 25.9. The summed E-state index contributed by atoms with van der Waals surface area (Å²) in [6.45, 7) is 8.50. The van der Waals surface area contributed by atoms with Crippen LogP contribution in [0.4, 0.5) is 0 Å². The van der Waals surface area contributed by atoms with Gasteiger partial charge in [-0.25, -0.2) is 0 Å². The van der Waals surface area contributed by atoms with Crippen LogP contribution >= 0.6 is 0 Å². The third kappa shape index (κ3) is 4.46. The van der Waals surface area contributed by atoms with Gasteiger partial charge in [-0.1, -0.05) is 0 Å². The lowest BCUT2D eigenvalue weighted by molar-refractivity contribution is -0.122. The predicted molar refractivity (Wildman–Crippen MR) is 78.1 cm³/mol. The van der Waals surface area contributed by atoms with E-state index >= 15 is 0 Å². The van der Waals surface area contributed by atoms with Gasteiger partial charge in [0.2, 0.25) is 5.91 Å². The van der Waals surface area contributed by atoms with Crippen molar-refractivity contribution in [3.63, 3.8) is 0 Å². The number of carbonyl (C=O) groups excluding carboxylic acids is 1. The molecule has 4 heteroatoms. The third-order valence-electron chi connectivity index (χ3n) is 4.42. The Balaban J connectivity index is 1.76. The molecular formula is C15H29N3O. The quantitative estimate of drug-likeness (QED) is 0.790. The lowest BCUT2D eigenvalue weighted by Gasteiger charge is -2.34. The van der Waals surface area contributed by atoms with E-state index in [2.05, 4.69) is 15.5 Å². The second-order valence-corrected chi connectivity index (χ2v) is 6.31. The number of piperidine rings is 1. The molecule has 110 valence electrons. The minimum atomic E-state index is 0.200. The summed E-state index contributed by atoms with van der Waals surface area (Å²) < 4.78 is 0. The van der Waals surface area contributed by atoms with Gasteiger partial charge in [-0.3, -0.25) is 9.69 Å². The van der Waals surface area contributed by atoms with Crippen molar-refractivity contribution in [2.45, 2.75) is 58.0 Å². The molecular weight excluding hydrogens is 238 g/mol. The molecule has 2 saturated heterocycles. The standard InChI is InChI=1S/C15H29N3O/c1-12(2)17-15(19)7-11-18-10-3-4-14(18)13-5-8-16-9-6-13/h12-14,16H,3-11H2,1-2H3,(H,17,19). The molecule has 2 aliphatic heterocycles. The van der Waals surface area contributed by atoms with Crippen molar-refractivity contribution in [3.8, 4) is 0 Å². The van der Waals surface area contributed by atoms with Crippen LogP contribution in [-0.4, -0.2) is 49.1 Å². The highest BCUT2D eigenvalue weighted by Crippen LogP contribution is 2.29. The highest BCUT2D eigenvalue weighted by atomic mass is 16.1. The molecule has 0 aromatic carbocycles. The molecule has 2 heterocycles. The number of likely N-dealkylation sites (tertiary alicyclic amines) is 1. The maximum atomic E-state index is 11.7. The van der Waals surface area contributed by atoms with Crippen LogP contribution in [0.3, 0.4) is 0 Å². The van der Waals surface area contributed by atoms with Gasteiger partial charge in [-0.2, -0.15) is 0 Å². The zero-order valence-electron chi connectivity index (χ0n) is 12.5. The molecule has 0 saturated carbocycles. The Labute approximate surface area is 117 Å². The Morgan fingerprint density at radius 1 is 1.32 bits per heavy atom. The van der Waals surface area contributed by atoms with Gasteiger partial charge in [-0.05, 0) is 65.1 Å². The van der Waals surface area contributed by atoms with E-state index in [-0.39, 0.29) is 11.9 Å². The molecule has 1 unspecified atom stereocenters. The number of amides is 1. The summed E-state index contributed by atoms with van der Waals surface area (Å²) in [6.07, 6.45) is 5.90. The molecule has 2 aliphatic rings. The summed E-state index contributed by atoms with van der Waals surface area (Å²) in [7, 11) is 0. The lowest BCUT2D eigenvalue weighted by Crippen LogP contribution is -2.42. The van der Waals surface area contributed by atoms with E-state index < -0.39 is 0 Å². The summed E-state index contributed by atoms with van der Waals surface area (Å²) in [5.41, 5.74) is 0. The van der Waals surface area contributed by atoms with Crippen molar-refractivity contribution in [2.24, 2.45) is 5.92 Å². The molecule has 0 spiro atoms. The molecule has 0 bridgehead atoms. The van der Waals surface area contributed by atoms with Crippen LogP contribution in [0.1, 0.15) is 46.0 Å². The number of nitrogens with zero attached hydrogens (tertiary/aromatic N) is 1. The van der Waals surface area contributed by atoms with E-state index in [0.29, 0.717) is 6.42 Å². The molecule has 0 aliphatic carbocycles. The monoisotopic (exact) mass is 267 g/mol. The second-order valence-electron chi connectivity index (χ2n) is 6.31. The van der Waals surface area contributed by atoms with Gasteiger partial charge in [0, 0.05) is 25.0 Å². The maximum Gasteiger partial charge on any atom is 0.221 e. The second kappa shape index (κ2) is 7.25. The molecule has 2 rings (SSSR count). The van der Waals surface area contributed by atoms with E-state index in [1.807, 2.05) is 13.8 Å². The minimum Gasteiger partial charge on any atom is -0.354 e. The maximum absolute atomic E-state index is 11.7. The Morgan fingerprint density at radius 2 is 2.05 bits per heavy atom. The summed E-state index contributed by atoms with van der Waals surface area (Å²) in [6, 6.07) is 0.986. The topological polar surface area (TPSA) is 44.4 Å². The predicted octanol–water partition coefficient (Wildman–Crippen LogP) is 1.37. The highest BCUT2D eigenvalue weighted by Gasteiger charge is 2.32. The van der Waals surface area contributed by atoms with Crippen LogP contribution in [0, 0.1) is 5.92 Å². The zero-order chi connectivity index (χ0) is 13.7. The van der Waals surface area contributed by atoms with Gasteiger partial charge >= 0.3 is 0 Å². The first kappa shape index (κ1) is 14.8. The first-order chi connectivity index (χ1) is 9.16. The van der Waals surface area contributed by atoms with Gasteiger partial charge in [-0.15, -0.1) is 0 Å². The average Bonchev–Trinajstić information content (AvgIpc) is 2.85. The van der Waals surface area contributed by atoms with Crippen LogP contribution in [0.2, 0.25) is 0 Å². The summed E-state index contributed by atoms with van der Waals surface area (Å²) in [5, 5.41) is 6.43. The molecule has 1 atom stereocenters. The van der Waals surface area contributed by atoms with Crippen LogP contribution < -0.4 is 10.6 Å². The molecule has 0 radical (unpaired) electrons. The van der Waals surface area contributed by atoms with Crippen LogP contribution in [0.15, 0.2) is 0 Å². The molecule has 1 amide bonds. The van der Waals surface area contributed by atoms with Crippen molar-refractivity contribution in [3.05, 3.63) is 0 Å². The number of hydrogen-bond acceptors (Lipinski definition) is 3. The first-order valence-electron chi connectivity index (χ1n) is 7.91. The summed E-state index contributed by atoms with van der Waals surface area (Å²) in [4.78, 5) is 14.3. The van der Waals surface area contributed by atoms with E-state index in [9.17, 15) is 4.79 Å². The fraction of sp³-hybridized carbons (Fsp3) is 0.933. The Morgan fingerprint density at radius 3 is 2.74 bits per heavy atom. The molecule has 2 fully saturated rings. The summed E-state index contributed by atoms with van der Waals surface area (Å²) >= 11 is 0. The average molecular weight is 267 g/mol. The number of nitrogens with one attached hydrogen (secondary N) is 2. The minimum absolute atomic E-state index is 0.200. The molecule has 19 heavy (non-hydrogen) atoms. The van der Waals surface area contributed by atoms with Crippen molar-refractivity contribution >= 4 is 5.91 Å². The summed E-state index contributed by atoms with van der Waals surface area (Å²) in [5.74, 6) is 1.04. The highest BCUT2D eigenvalue weighted by molar-refractivity contribution is 5.76. The van der Waals surface area contributed by atoms with E-state index in [4.69, 9.17) is 0 Å². The number of carbonyl (C=O) groups is 1. The van der Waals surface area contributed by atoms with Gasteiger partial charge in [0.05, 0.1) is 0 Å². The van der Waals surface area contributed by atoms with Crippen molar-refractivity contribution in [1.29, 1.82) is 0 Å². The van der Waals surface area contributed by atoms with E-state index in [0.717, 1.165) is 18.5 Å². The van der Waals surface area contributed by atoms with E-state index in [1.54, 1.807) is 0 Å². The zero-order valence-corrected chi connectivity index (χ0v) is 12.5. The molecule has 0 aromatic heterocycles. The molecule has 4 nitrogen and oxygen atoms in total. The first-order valence-corrected chi connectivity index (χ1v) is 7.91. The van der Waals surface area contributed by atoms with Gasteiger partial charge in [0.25, 0.3) is 0 Å². The number of hydrogen-bond donors (Lipinski definition) is 2. The van der Waals surface area contributed by atoms with Crippen molar-refractivity contribution in [2.75, 3.05) is 26.2 Å². The van der Waals surface area contributed by atoms with Crippen molar-refractivity contribution < 1.29 is 4.79 Å². The smallest absolute Gasteiger partial charge is 0.221 e. The molecule has 2 N–H and O–H groups in total. The number of rotatable bonds is 5. The largest absolute Gasteiger partial charge is 0.354 e. The fourth-order valence-electron chi connectivity index (χ4n) is 3.53. The van der Waals surface area contributed by atoms with E-state index in [1.165, 1.54) is 45.3 Å². The van der Waals surface area contributed by atoms with Crippen LogP contribution in [0.25, 0.3) is 0 Å². The van der Waals surface area contributed by atoms with Gasteiger partial charge in [0.15, 0.2) is 0 Å². The van der Waals surface area contributed by atoms with Crippen LogP contribution in [0.5, 0.6) is 0 Å². The van der Waals surface area contributed by atoms with Gasteiger partial charge in [0.1, 0.15) is 0 Å².